The highest BCUT2D eigenvalue weighted by molar-refractivity contribution is 5.98. The van der Waals surface area contributed by atoms with Crippen molar-refractivity contribution in [3.8, 4) is 11.3 Å². The number of nitrogens with one attached hydrogen (secondary N) is 2. The monoisotopic (exact) mass is 404 g/mol. The number of hydrogen-bond acceptors (Lipinski definition) is 9. The Morgan fingerprint density at radius 1 is 1.17 bits per heavy atom. The van der Waals surface area contributed by atoms with Gasteiger partial charge in [-0.25, -0.2) is 19.7 Å². The summed E-state index contributed by atoms with van der Waals surface area (Å²) >= 11 is 0. The van der Waals surface area contributed by atoms with Gasteiger partial charge in [0, 0.05) is 37.9 Å². The van der Waals surface area contributed by atoms with Gasteiger partial charge in [0.25, 0.3) is 0 Å². The summed E-state index contributed by atoms with van der Waals surface area (Å²) < 4.78 is 6.81. The van der Waals surface area contributed by atoms with Crippen molar-refractivity contribution in [1.82, 2.24) is 29.5 Å². The van der Waals surface area contributed by atoms with Gasteiger partial charge >= 0.3 is 5.97 Å². The zero-order chi connectivity index (χ0) is 21.3. The van der Waals surface area contributed by atoms with Crippen LogP contribution in [0.1, 0.15) is 16.2 Å². The number of methoxy groups -OCH3 is 1. The molecule has 0 radical (unpaired) electrons. The zero-order valence-corrected chi connectivity index (χ0v) is 17.0. The molecule has 152 valence electrons. The van der Waals surface area contributed by atoms with E-state index in [1.54, 1.807) is 38.0 Å². The highest BCUT2D eigenvalue weighted by Crippen LogP contribution is 2.32. The molecule has 0 aromatic carbocycles. The lowest BCUT2D eigenvalue weighted by molar-refractivity contribution is 0.0595. The Balaban J connectivity index is 1.91. The predicted octanol–water partition coefficient (Wildman–Crippen LogP) is 2.70. The molecule has 4 aromatic heterocycles. The number of nitrogens with zero attached hydrogens (tertiary/aromatic N) is 6. The lowest BCUT2D eigenvalue weighted by Gasteiger charge is -2.15. The van der Waals surface area contributed by atoms with E-state index in [4.69, 9.17) is 4.74 Å². The Labute approximate surface area is 172 Å². The van der Waals surface area contributed by atoms with Gasteiger partial charge in [-0.05, 0) is 19.1 Å². The normalized spacial score (nSPS) is 10.8. The molecule has 0 saturated heterocycles. The third-order valence-corrected chi connectivity index (χ3v) is 4.56. The number of esters is 1. The quantitative estimate of drug-likeness (QED) is 0.484. The number of carbonyl (C=O) groups is 1. The number of rotatable bonds is 5. The minimum Gasteiger partial charge on any atom is -0.464 e. The number of aromatic nitrogens is 6. The van der Waals surface area contributed by atoms with Crippen molar-refractivity contribution in [3.63, 3.8) is 0 Å². The van der Waals surface area contributed by atoms with Crippen LogP contribution in [0.15, 0.2) is 37.1 Å². The van der Waals surface area contributed by atoms with Crippen LogP contribution in [0.4, 0.5) is 17.3 Å². The van der Waals surface area contributed by atoms with Crippen molar-refractivity contribution in [2.75, 3.05) is 24.8 Å². The lowest BCUT2D eigenvalue weighted by atomic mass is 10.1. The molecule has 0 aliphatic carbocycles. The van der Waals surface area contributed by atoms with E-state index in [1.807, 2.05) is 24.6 Å². The minimum absolute atomic E-state index is 0.0499. The molecular formula is C20H20N8O2. The molecule has 0 spiro atoms. The molecule has 0 saturated carbocycles. The van der Waals surface area contributed by atoms with Crippen LogP contribution in [0.2, 0.25) is 0 Å². The number of ether oxygens (including phenoxy) is 1. The van der Waals surface area contributed by atoms with Gasteiger partial charge in [0.2, 0.25) is 0 Å². The molecule has 0 aliphatic rings. The van der Waals surface area contributed by atoms with Gasteiger partial charge in [-0.3, -0.25) is 9.97 Å². The highest BCUT2D eigenvalue weighted by Gasteiger charge is 2.23. The fourth-order valence-corrected chi connectivity index (χ4v) is 3.10. The van der Waals surface area contributed by atoms with Crippen LogP contribution in [0.5, 0.6) is 0 Å². The van der Waals surface area contributed by atoms with Crippen LogP contribution in [0.25, 0.3) is 22.3 Å². The van der Waals surface area contributed by atoms with Gasteiger partial charge in [0.15, 0.2) is 17.3 Å². The van der Waals surface area contributed by atoms with Gasteiger partial charge in [0.05, 0.1) is 30.7 Å². The van der Waals surface area contributed by atoms with E-state index < -0.39 is 5.97 Å². The second kappa shape index (κ2) is 7.74. The fraction of sp³-hybridized carbons (Fsp3) is 0.200. The first kappa shape index (κ1) is 19.2. The van der Waals surface area contributed by atoms with Crippen LogP contribution in [0, 0.1) is 6.92 Å². The molecule has 4 aromatic rings. The van der Waals surface area contributed by atoms with Gasteiger partial charge in [-0.2, -0.15) is 0 Å². The van der Waals surface area contributed by atoms with Crippen molar-refractivity contribution in [2.45, 2.75) is 6.92 Å². The second-order valence-electron chi connectivity index (χ2n) is 6.58. The molecule has 30 heavy (non-hydrogen) atoms. The van der Waals surface area contributed by atoms with Crippen LogP contribution in [-0.4, -0.2) is 49.6 Å². The number of hydrogen-bond donors (Lipinski definition) is 2. The van der Waals surface area contributed by atoms with Gasteiger partial charge < -0.3 is 19.9 Å². The van der Waals surface area contributed by atoms with Gasteiger partial charge in [-0.1, -0.05) is 0 Å². The van der Waals surface area contributed by atoms with Crippen molar-refractivity contribution in [2.24, 2.45) is 7.05 Å². The molecule has 0 amide bonds. The molecule has 2 N–H and O–H groups in total. The molecule has 0 unspecified atom stereocenters. The maximum absolute atomic E-state index is 12.5. The standard InChI is InChI=1S/C20H20N8O2/c1-11-7-12(5-6-23-11)25-19-17(20(29)30-4)26-16(18(21-2)27-19)13-8-22-9-14-15(13)24-10-28(14)3/h5-10H,1-4H3,(H2,21,23,25,27). The molecule has 0 atom stereocenters. The SMILES string of the molecule is CNc1nc(Nc2ccnc(C)c2)c(C(=O)OC)nc1-c1cncc2c1ncn2C. The summed E-state index contributed by atoms with van der Waals surface area (Å²) in [7, 11) is 4.92. The summed E-state index contributed by atoms with van der Waals surface area (Å²) in [4.78, 5) is 34.6. The third kappa shape index (κ3) is 3.39. The molecule has 4 heterocycles. The third-order valence-electron chi connectivity index (χ3n) is 4.56. The average Bonchev–Trinajstić information content (AvgIpc) is 3.14. The Bertz CT molecular complexity index is 1250. The van der Waals surface area contributed by atoms with E-state index in [-0.39, 0.29) is 11.5 Å². The van der Waals surface area contributed by atoms with Crippen molar-refractivity contribution < 1.29 is 9.53 Å². The first-order valence-electron chi connectivity index (χ1n) is 9.15. The first-order chi connectivity index (χ1) is 14.5. The largest absolute Gasteiger partial charge is 0.464 e. The minimum atomic E-state index is -0.610. The van der Waals surface area contributed by atoms with E-state index in [9.17, 15) is 4.79 Å². The van der Waals surface area contributed by atoms with Crippen LogP contribution in [0.3, 0.4) is 0 Å². The number of aryl methyl sites for hydroxylation is 2. The Morgan fingerprint density at radius 3 is 2.73 bits per heavy atom. The Hall–Kier alpha value is -4.08. The predicted molar refractivity (Wildman–Crippen MR) is 113 cm³/mol. The second-order valence-corrected chi connectivity index (χ2v) is 6.58. The van der Waals surface area contributed by atoms with E-state index in [0.717, 1.165) is 16.9 Å². The fourth-order valence-electron chi connectivity index (χ4n) is 3.10. The van der Waals surface area contributed by atoms with Crippen molar-refractivity contribution in [1.29, 1.82) is 0 Å². The van der Waals surface area contributed by atoms with Gasteiger partial charge in [-0.15, -0.1) is 0 Å². The molecule has 10 heteroatoms. The average molecular weight is 404 g/mol. The summed E-state index contributed by atoms with van der Waals surface area (Å²) in [5.41, 5.74) is 4.25. The maximum Gasteiger partial charge on any atom is 0.360 e. The summed E-state index contributed by atoms with van der Waals surface area (Å²) in [6, 6.07) is 3.62. The number of imidazole rings is 1. The molecule has 4 rings (SSSR count). The molecule has 0 aliphatic heterocycles. The first-order valence-corrected chi connectivity index (χ1v) is 9.15. The topological polar surface area (TPSA) is 120 Å². The number of fused-ring (bicyclic) bond motifs is 1. The number of anilines is 3. The molecular weight excluding hydrogens is 384 g/mol. The smallest absolute Gasteiger partial charge is 0.360 e. The van der Waals surface area contributed by atoms with Crippen molar-refractivity contribution >= 4 is 34.3 Å². The van der Waals surface area contributed by atoms with Crippen LogP contribution >= 0.6 is 0 Å². The summed E-state index contributed by atoms with van der Waals surface area (Å²) in [6.45, 7) is 1.88. The van der Waals surface area contributed by atoms with E-state index in [2.05, 4.69) is 35.6 Å². The Kier molecular flexibility index (Phi) is 4.97. The van der Waals surface area contributed by atoms with Gasteiger partial charge in [0.1, 0.15) is 11.2 Å². The van der Waals surface area contributed by atoms with Crippen LogP contribution < -0.4 is 10.6 Å². The zero-order valence-electron chi connectivity index (χ0n) is 17.0. The number of pyridine rings is 2. The number of carbonyl (C=O) groups excluding carboxylic acids is 1. The lowest BCUT2D eigenvalue weighted by Crippen LogP contribution is -2.13. The summed E-state index contributed by atoms with van der Waals surface area (Å²) in [5.74, 6) is 0.124. The maximum atomic E-state index is 12.5. The van der Waals surface area contributed by atoms with E-state index in [0.29, 0.717) is 22.6 Å². The van der Waals surface area contributed by atoms with E-state index in [1.165, 1.54) is 7.11 Å². The molecule has 0 bridgehead atoms. The van der Waals surface area contributed by atoms with Crippen molar-refractivity contribution in [3.05, 3.63) is 48.4 Å². The highest BCUT2D eigenvalue weighted by atomic mass is 16.5. The molecule has 10 nitrogen and oxygen atoms in total. The van der Waals surface area contributed by atoms with E-state index >= 15 is 0 Å². The summed E-state index contributed by atoms with van der Waals surface area (Å²) in [5, 5.41) is 6.18. The Morgan fingerprint density at radius 2 is 2.00 bits per heavy atom. The summed E-state index contributed by atoms with van der Waals surface area (Å²) in [6.07, 6.45) is 6.75. The van der Waals surface area contributed by atoms with Crippen LogP contribution in [-0.2, 0) is 11.8 Å². The molecule has 0 fully saturated rings.